The highest BCUT2D eigenvalue weighted by atomic mass is 35.5. The number of nitrogens with one attached hydrogen (secondary N) is 1. The van der Waals surface area contributed by atoms with Crippen molar-refractivity contribution in [2.75, 3.05) is 26.2 Å². The summed E-state index contributed by atoms with van der Waals surface area (Å²) < 4.78 is 27.0. The molecule has 0 unspecified atom stereocenters. The van der Waals surface area contributed by atoms with Crippen LogP contribution in [0, 0.1) is 0 Å². The van der Waals surface area contributed by atoms with Gasteiger partial charge in [0.1, 0.15) is 0 Å². The van der Waals surface area contributed by atoms with Crippen LogP contribution in [0.5, 0.6) is 0 Å². The van der Waals surface area contributed by atoms with Crippen molar-refractivity contribution in [1.29, 1.82) is 0 Å². The van der Waals surface area contributed by atoms with Crippen LogP contribution in [0.2, 0.25) is 10.0 Å². The van der Waals surface area contributed by atoms with Crippen molar-refractivity contribution in [1.82, 2.24) is 19.4 Å². The maximum Gasteiger partial charge on any atom is 0.257 e. The fourth-order valence-electron chi connectivity index (χ4n) is 3.34. The molecule has 1 aliphatic rings. The van der Waals surface area contributed by atoms with Crippen LogP contribution >= 0.6 is 23.2 Å². The van der Waals surface area contributed by atoms with Crippen LogP contribution in [-0.2, 0) is 10.0 Å². The maximum atomic E-state index is 13.0. The Balaban J connectivity index is 1.47. The van der Waals surface area contributed by atoms with Gasteiger partial charge in [-0.2, -0.15) is 9.40 Å². The molecule has 1 aromatic heterocycles. The van der Waals surface area contributed by atoms with Crippen molar-refractivity contribution >= 4 is 39.1 Å². The van der Waals surface area contributed by atoms with Gasteiger partial charge in [-0.1, -0.05) is 35.3 Å². The molecular weight excluding hydrogens is 447 g/mol. The maximum absolute atomic E-state index is 13.0. The Kier molecular flexibility index (Phi) is 5.84. The summed E-state index contributed by atoms with van der Waals surface area (Å²) >= 11 is 11.8. The van der Waals surface area contributed by atoms with Crippen molar-refractivity contribution in [3.05, 3.63) is 70.3 Å². The molecule has 1 aliphatic heterocycles. The number of piperazine rings is 1. The summed E-state index contributed by atoms with van der Waals surface area (Å²) in [5, 5.41) is 7.95. The molecule has 2 aromatic carbocycles. The highest BCUT2D eigenvalue weighted by Crippen LogP contribution is 2.25. The molecule has 0 aliphatic carbocycles. The summed E-state index contributed by atoms with van der Waals surface area (Å²) in [6.45, 7) is 1.00. The minimum Gasteiger partial charge on any atom is -0.336 e. The summed E-state index contributed by atoms with van der Waals surface area (Å²) in [5.74, 6) is -0.197. The summed E-state index contributed by atoms with van der Waals surface area (Å²) in [7, 11) is -3.63. The van der Waals surface area contributed by atoms with Gasteiger partial charge in [0.15, 0.2) is 0 Å². The Morgan fingerprint density at radius 2 is 1.47 bits per heavy atom. The van der Waals surface area contributed by atoms with E-state index in [-0.39, 0.29) is 37.0 Å². The average molecular weight is 465 g/mol. The summed E-state index contributed by atoms with van der Waals surface area (Å²) in [4.78, 5) is 14.9. The van der Waals surface area contributed by atoms with Gasteiger partial charge in [0.25, 0.3) is 5.91 Å². The molecule has 1 saturated heterocycles. The first-order chi connectivity index (χ1) is 14.4. The van der Waals surface area contributed by atoms with Crippen LogP contribution in [0.3, 0.4) is 0 Å². The second kappa shape index (κ2) is 8.39. The lowest BCUT2D eigenvalue weighted by molar-refractivity contribution is 0.0698. The first kappa shape index (κ1) is 20.9. The van der Waals surface area contributed by atoms with Crippen LogP contribution < -0.4 is 0 Å². The average Bonchev–Trinajstić information content (AvgIpc) is 3.24. The van der Waals surface area contributed by atoms with Crippen molar-refractivity contribution in [3.8, 4) is 11.3 Å². The number of H-pyrrole nitrogens is 1. The van der Waals surface area contributed by atoms with Gasteiger partial charge in [0.2, 0.25) is 10.0 Å². The number of hydrogen-bond donors (Lipinski definition) is 1. The molecule has 7 nitrogen and oxygen atoms in total. The molecule has 1 fully saturated rings. The predicted octanol–water partition coefficient (Wildman–Crippen LogP) is 3.53. The highest BCUT2D eigenvalue weighted by molar-refractivity contribution is 7.89. The van der Waals surface area contributed by atoms with Gasteiger partial charge in [0, 0.05) is 41.8 Å². The van der Waals surface area contributed by atoms with Gasteiger partial charge >= 0.3 is 0 Å². The van der Waals surface area contributed by atoms with E-state index in [2.05, 4.69) is 10.2 Å². The number of carbonyl (C=O) groups is 1. The van der Waals surface area contributed by atoms with E-state index in [0.717, 1.165) is 5.56 Å². The van der Waals surface area contributed by atoms with Crippen LogP contribution in [0.15, 0.2) is 59.6 Å². The van der Waals surface area contributed by atoms with Crippen LogP contribution in [-0.4, -0.2) is 59.9 Å². The van der Waals surface area contributed by atoms with E-state index in [4.69, 9.17) is 23.2 Å². The molecule has 30 heavy (non-hydrogen) atoms. The number of aromatic amines is 1. The number of amides is 1. The molecule has 1 N–H and O–H groups in total. The SMILES string of the molecule is O=C(c1cn[nH]c1-c1ccc(Cl)cc1)N1CCN(S(=O)(=O)c2ccc(Cl)cc2)CC1. The molecule has 0 atom stereocenters. The predicted molar refractivity (Wildman–Crippen MR) is 115 cm³/mol. The lowest BCUT2D eigenvalue weighted by Crippen LogP contribution is -2.50. The molecule has 0 radical (unpaired) electrons. The van der Waals surface area contributed by atoms with Gasteiger partial charge in [-0.05, 0) is 36.4 Å². The molecule has 4 rings (SSSR count). The number of carbonyl (C=O) groups excluding carboxylic acids is 1. The molecule has 0 bridgehead atoms. The lowest BCUT2D eigenvalue weighted by Gasteiger charge is -2.34. The number of halogens is 2. The van der Waals surface area contributed by atoms with Gasteiger partial charge < -0.3 is 4.90 Å². The second-order valence-electron chi connectivity index (χ2n) is 6.82. The quantitative estimate of drug-likeness (QED) is 0.639. The molecule has 156 valence electrons. The molecule has 3 aromatic rings. The topological polar surface area (TPSA) is 86.4 Å². The monoisotopic (exact) mass is 464 g/mol. The molecule has 1 amide bonds. The third kappa shape index (κ3) is 4.09. The van der Waals surface area contributed by atoms with Gasteiger partial charge in [-0.3, -0.25) is 9.89 Å². The smallest absolute Gasteiger partial charge is 0.257 e. The van der Waals surface area contributed by atoms with Crippen molar-refractivity contribution < 1.29 is 13.2 Å². The van der Waals surface area contributed by atoms with E-state index in [1.54, 1.807) is 29.2 Å². The van der Waals surface area contributed by atoms with Gasteiger partial charge in [-0.25, -0.2) is 8.42 Å². The molecule has 0 spiro atoms. The van der Waals surface area contributed by atoms with E-state index >= 15 is 0 Å². The molecule has 10 heteroatoms. The number of hydrogen-bond acceptors (Lipinski definition) is 4. The molecule has 2 heterocycles. The standard InChI is InChI=1S/C20H18Cl2N4O3S/c21-15-3-1-14(2-4-15)19-18(13-23-24-19)20(27)25-9-11-26(12-10-25)30(28,29)17-7-5-16(22)6-8-17/h1-8,13H,9-12H2,(H,23,24). The van der Waals surface area contributed by atoms with Gasteiger partial charge in [0.05, 0.1) is 22.3 Å². The Hall–Kier alpha value is -2.39. The molecular formula is C20H18Cl2N4O3S. The summed E-state index contributed by atoms with van der Waals surface area (Å²) in [6.07, 6.45) is 1.49. The minimum absolute atomic E-state index is 0.187. The second-order valence-corrected chi connectivity index (χ2v) is 9.63. The Labute approximate surface area is 184 Å². The lowest BCUT2D eigenvalue weighted by atomic mass is 10.1. The van der Waals surface area contributed by atoms with E-state index in [0.29, 0.717) is 21.3 Å². The van der Waals surface area contributed by atoms with Crippen LogP contribution in [0.4, 0.5) is 0 Å². The van der Waals surface area contributed by atoms with E-state index < -0.39 is 10.0 Å². The zero-order chi connectivity index (χ0) is 21.3. The van der Waals surface area contributed by atoms with Gasteiger partial charge in [-0.15, -0.1) is 0 Å². The Morgan fingerprint density at radius 1 is 0.900 bits per heavy atom. The van der Waals surface area contributed by atoms with Crippen LogP contribution in [0.1, 0.15) is 10.4 Å². The fraction of sp³-hybridized carbons (Fsp3) is 0.200. The fourth-order valence-corrected chi connectivity index (χ4v) is 5.02. The highest BCUT2D eigenvalue weighted by Gasteiger charge is 2.31. The Bertz CT molecular complexity index is 1150. The number of aromatic nitrogens is 2. The first-order valence-corrected chi connectivity index (χ1v) is 11.4. The first-order valence-electron chi connectivity index (χ1n) is 9.20. The zero-order valence-electron chi connectivity index (χ0n) is 15.8. The third-order valence-electron chi connectivity index (χ3n) is 4.98. The number of nitrogens with zero attached hydrogens (tertiary/aromatic N) is 3. The largest absolute Gasteiger partial charge is 0.336 e. The van der Waals surface area contributed by atoms with Crippen LogP contribution in [0.25, 0.3) is 11.3 Å². The number of rotatable bonds is 4. The minimum atomic E-state index is -3.63. The number of sulfonamides is 1. The zero-order valence-corrected chi connectivity index (χ0v) is 18.1. The van der Waals surface area contributed by atoms with Crippen molar-refractivity contribution in [2.24, 2.45) is 0 Å². The van der Waals surface area contributed by atoms with E-state index in [1.807, 2.05) is 12.1 Å². The van der Waals surface area contributed by atoms with Crippen molar-refractivity contribution in [3.63, 3.8) is 0 Å². The summed E-state index contributed by atoms with van der Waals surface area (Å²) in [5.41, 5.74) is 1.84. The van der Waals surface area contributed by atoms with E-state index in [9.17, 15) is 13.2 Å². The summed E-state index contributed by atoms with van der Waals surface area (Å²) in [6, 6.07) is 13.2. The van der Waals surface area contributed by atoms with E-state index in [1.165, 1.54) is 22.6 Å². The normalized spacial score (nSPS) is 15.3. The Morgan fingerprint density at radius 3 is 2.07 bits per heavy atom. The number of benzene rings is 2. The third-order valence-corrected chi connectivity index (χ3v) is 7.40. The van der Waals surface area contributed by atoms with Crippen molar-refractivity contribution in [2.45, 2.75) is 4.90 Å². The molecule has 0 saturated carbocycles.